The van der Waals surface area contributed by atoms with E-state index in [2.05, 4.69) is 9.47 Å². The van der Waals surface area contributed by atoms with Crippen molar-refractivity contribution in [3.05, 3.63) is 0 Å². The first-order valence-corrected chi connectivity index (χ1v) is 5.08. The van der Waals surface area contributed by atoms with Gasteiger partial charge in [-0.3, -0.25) is 9.59 Å². The van der Waals surface area contributed by atoms with Crippen molar-refractivity contribution in [3.63, 3.8) is 0 Å². The van der Waals surface area contributed by atoms with E-state index < -0.39 is 24.0 Å². The van der Waals surface area contributed by atoms with Crippen LogP contribution in [0.2, 0.25) is 0 Å². The van der Waals surface area contributed by atoms with E-state index in [4.69, 9.17) is 9.47 Å². The topological polar surface area (TPSA) is 71.1 Å². The molecule has 1 saturated carbocycles. The molecule has 0 aromatic rings. The molecule has 90 valence electrons. The van der Waals surface area contributed by atoms with Crippen LogP contribution >= 0.6 is 0 Å². The first-order chi connectivity index (χ1) is 7.69. The van der Waals surface area contributed by atoms with E-state index in [-0.39, 0.29) is 18.7 Å². The Hall–Kier alpha value is -1.14. The van der Waals surface area contributed by atoms with Crippen molar-refractivity contribution in [2.75, 3.05) is 21.0 Å². The van der Waals surface area contributed by atoms with E-state index in [0.29, 0.717) is 6.42 Å². The van der Waals surface area contributed by atoms with Crippen LogP contribution in [0.4, 0.5) is 0 Å². The quantitative estimate of drug-likeness (QED) is 0.607. The zero-order valence-corrected chi connectivity index (χ0v) is 9.17. The molecule has 0 aromatic carbocycles. The molecule has 1 heterocycles. The summed E-state index contributed by atoms with van der Waals surface area (Å²) in [5.41, 5.74) is 0. The number of hydrogen-bond acceptors (Lipinski definition) is 6. The largest absolute Gasteiger partial charge is 0.469 e. The Kier molecular flexibility index (Phi) is 3.11. The van der Waals surface area contributed by atoms with E-state index in [1.807, 2.05) is 0 Å². The monoisotopic (exact) mass is 230 g/mol. The van der Waals surface area contributed by atoms with Crippen LogP contribution in [0, 0.1) is 11.8 Å². The van der Waals surface area contributed by atoms with Crippen LogP contribution < -0.4 is 0 Å². The summed E-state index contributed by atoms with van der Waals surface area (Å²) in [5.74, 6) is -1.62. The minimum absolute atomic E-state index is 0.107. The van der Waals surface area contributed by atoms with Crippen LogP contribution in [0.1, 0.15) is 6.42 Å². The number of ether oxygens (including phenoxy) is 4. The average molecular weight is 230 g/mol. The van der Waals surface area contributed by atoms with Crippen molar-refractivity contribution in [3.8, 4) is 0 Å². The molecule has 16 heavy (non-hydrogen) atoms. The number of rotatable bonds is 2. The first-order valence-electron chi connectivity index (χ1n) is 5.08. The fraction of sp³-hybridized carbons (Fsp3) is 0.800. The minimum Gasteiger partial charge on any atom is -0.469 e. The molecule has 0 radical (unpaired) electrons. The van der Waals surface area contributed by atoms with E-state index >= 15 is 0 Å². The Bertz CT molecular complexity index is 274. The summed E-state index contributed by atoms with van der Waals surface area (Å²) in [6.45, 7) is 0.107. The van der Waals surface area contributed by atoms with Crippen molar-refractivity contribution in [1.29, 1.82) is 0 Å². The predicted octanol–water partition coefficient (Wildman–Crippen LogP) is -0.290. The van der Waals surface area contributed by atoms with Gasteiger partial charge in [-0.15, -0.1) is 0 Å². The van der Waals surface area contributed by atoms with Gasteiger partial charge in [0.2, 0.25) is 0 Å². The number of carbonyl (C=O) groups excluding carboxylic acids is 2. The Morgan fingerprint density at radius 3 is 1.81 bits per heavy atom. The summed E-state index contributed by atoms with van der Waals surface area (Å²) in [5, 5.41) is 0. The molecule has 1 aliphatic carbocycles. The van der Waals surface area contributed by atoms with E-state index in [9.17, 15) is 9.59 Å². The normalized spacial score (nSPS) is 36.9. The number of hydrogen-bond donors (Lipinski definition) is 0. The molecular weight excluding hydrogens is 216 g/mol. The fourth-order valence-corrected chi connectivity index (χ4v) is 2.38. The van der Waals surface area contributed by atoms with Crippen LogP contribution in [0.25, 0.3) is 0 Å². The zero-order valence-electron chi connectivity index (χ0n) is 9.17. The molecule has 0 spiro atoms. The Morgan fingerprint density at radius 1 is 1.00 bits per heavy atom. The highest BCUT2D eigenvalue weighted by Crippen LogP contribution is 2.40. The molecule has 1 aliphatic heterocycles. The van der Waals surface area contributed by atoms with E-state index in [1.165, 1.54) is 14.2 Å². The fourth-order valence-electron chi connectivity index (χ4n) is 2.38. The van der Waals surface area contributed by atoms with Gasteiger partial charge in [0.15, 0.2) is 0 Å². The standard InChI is InChI=1S/C10H14O6/c1-13-9(11)5-3-6(10(12)14-2)8-7(5)15-4-16-8/h5-8H,3-4H2,1-2H3. The van der Waals surface area contributed by atoms with Gasteiger partial charge in [0.1, 0.15) is 19.0 Å². The average Bonchev–Trinajstić information content (AvgIpc) is 2.87. The Balaban J connectivity index is 2.14. The molecule has 2 fully saturated rings. The first kappa shape index (κ1) is 11.3. The molecule has 0 amide bonds. The molecule has 2 rings (SSSR count). The molecule has 0 N–H and O–H groups in total. The van der Waals surface area contributed by atoms with Gasteiger partial charge in [0.05, 0.1) is 26.1 Å². The third-order valence-corrected chi connectivity index (χ3v) is 3.15. The molecule has 2 aliphatic rings. The van der Waals surface area contributed by atoms with Crippen molar-refractivity contribution >= 4 is 11.9 Å². The van der Waals surface area contributed by atoms with E-state index in [0.717, 1.165) is 0 Å². The van der Waals surface area contributed by atoms with Crippen molar-refractivity contribution < 1.29 is 28.5 Å². The highest BCUT2D eigenvalue weighted by molar-refractivity contribution is 5.79. The highest BCUT2D eigenvalue weighted by Gasteiger charge is 2.54. The number of fused-ring (bicyclic) bond motifs is 1. The van der Waals surface area contributed by atoms with Gasteiger partial charge in [0.25, 0.3) is 0 Å². The second-order valence-electron chi connectivity index (χ2n) is 3.88. The van der Waals surface area contributed by atoms with Crippen molar-refractivity contribution in [2.24, 2.45) is 11.8 Å². The molecule has 4 unspecified atom stereocenters. The van der Waals surface area contributed by atoms with Gasteiger partial charge in [-0.25, -0.2) is 0 Å². The third kappa shape index (κ3) is 1.68. The zero-order chi connectivity index (χ0) is 11.7. The van der Waals surface area contributed by atoms with Crippen molar-refractivity contribution in [1.82, 2.24) is 0 Å². The van der Waals surface area contributed by atoms with Gasteiger partial charge in [-0.05, 0) is 6.42 Å². The maximum absolute atomic E-state index is 11.5. The highest BCUT2D eigenvalue weighted by atomic mass is 16.7. The lowest BCUT2D eigenvalue weighted by Crippen LogP contribution is -2.31. The van der Waals surface area contributed by atoms with Gasteiger partial charge in [-0.1, -0.05) is 0 Å². The smallest absolute Gasteiger partial charge is 0.311 e. The lowest BCUT2D eigenvalue weighted by molar-refractivity contribution is -0.150. The maximum Gasteiger partial charge on any atom is 0.311 e. The lowest BCUT2D eigenvalue weighted by atomic mass is 10.0. The summed E-state index contributed by atoms with van der Waals surface area (Å²) in [4.78, 5) is 23.0. The minimum atomic E-state index is -0.443. The maximum atomic E-state index is 11.5. The second-order valence-corrected chi connectivity index (χ2v) is 3.88. The second kappa shape index (κ2) is 4.39. The third-order valence-electron chi connectivity index (χ3n) is 3.15. The summed E-state index contributed by atoms with van der Waals surface area (Å²) in [6, 6.07) is 0. The number of methoxy groups -OCH3 is 2. The molecule has 6 heteroatoms. The SMILES string of the molecule is COC(=O)C1CC(C(=O)OC)C2OCOC12. The predicted molar refractivity (Wildman–Crippen MR) is 50.2 cm³/mol. The number of carbonyl (C=O) groups is 2. The summed E-state index contributed by atoms with van der Waals surface area (Å²) in [7, 11) is 2.64. The molecule has 0 bridgehead atoms. The van der Waals surface area contributed by atoms with Gasteiger partial charge in [0, 0.05) is 0 Å². The summed E-state index contributed by atoms with van der Waals surface area (Å²) < 4.78 is 20.0. The van der Waals surface area contributed by atoms with Crippen LogP contribution in [0.5, 0.6) is 0 Å². The summed E-state index contributed by atoms with van der Waals surface area (Å²) >= 11 is 0. The van der Waals surface area contributed by atoms with Crippen molar-refractivity contribution in [2.45, 2.75) is 18.6 Å². The number of esters is 2. The molecule has 6 nitrogen and oxygen atoms in total. The van der Waals surface area contributed by atoms with Crippen LogP contribution in [-0.2, 0) is 28.5 Å². The van der Waals surface area contributed by atoms with Crippen LogP contribution in [-0.4, -0.2) is 45.2 Å². The molecule has 4 atom stereocenters. The molecule has 1 saturated heterocycles. The molecular formula is C10H14O6. The van der Waals surface area contributed by atoms with Gasteiger partial charge in [-0.2, -0.15) is 0 Å². The molecule has 0 aromatic heterocycles. The van der Waals surface area contributed by atoms with E-state index in [1.54, 1.807) is 0 Å². The van der Waals surface area contributed by atoms with Gasteiger partial charge < -0.3 is 18.9 Å². The Labute approximate surface area is 92.8 Å². The summed E-state index contributed by atoms with van der Waals surface area (Å²) in [6.07, 6.45) is -0.428. The lowest BCUT2D eigenvalue weighted by Gasteiger charge is -2.13. The van der Waals surface area contributed by atoms with Crippen LogP contribution in [0.3, 0.4) is 0 Å². The van der Waals surface area contributed by atoms with Gasteiger partial charge >= 0.3 is 11.9 Å². The van der Waals surface area contributed by atoms with Crippen LogP contribution in [0.15, 0.2) is 0 Å². The Morgan fingerprint density at radius 2 is 1.44 bits per heavy atom.